The van der Waals surface area contributed by atoms with Crippen LogP contribution in [0.15, 0.2) is 39.9 Å². The third-order valence-corrected chi connectivity index (χ3v) is 4.81. The van der Waals surface area contributed by atoms with Gasteiger partial charge in [0.05, 0.1) is 12.2 Å². The second kappa shape index (κ2) is 7.97. The number of benzene rings is 1. The molecule has 1 N–H and O–H groups in total. The van der Waals surface area contributed by atoms with E-state index in [0.717, 1.165) is 23.4 Å². The van der Waals surface area contributed by atoms with E-state index in [1.54, 1.807) is 6.08 Å². The number of hydrogen-bond donors (Lipinski definition) is 1. The molecule has 6 nitrogen and oxygen atoms in total. The third-order valence-electron chi connectivity index (χ3n) is 3.51. The molecular weight excluding hydrogens is 404 g/mol. The Morgan fingerprint density at radius 3 is 2.96 bits per heavy atom. The van der Waals surface area contributed by atoms with Crippen LogP contribution in [0, 0.1) is 5.41 Å². The second-order valence-electron chi connectivity index (χ2n) is 5.34. The molecule has 0 spiro atoms. The first-order valence-electron chi connectivity index (χ1n) is 7.91. The lowest BCUT2D eigenvalue weighted by molar-refractivity contribution is -0.114. The average Bonchev–Trinajstić information content (AvgIpc) is 3.00. The largest absolute Gasteiger partial charge is 0.492 e. The second-order valence-corrected chi connectivity index (χ2v) is 7.17. The van der Waals surface area contributed by atoms with Crippen molar-refractivity contribution in [2.24, 2.45) is 10.1 Å². The molecule has 25 heavy (non-hydrogen) atoms. The number of hydrogen-bond acceptors (Lipinski definition) is 5. The predicted molar refractivity (Wildman–Crippen MR) is 106 cm³/mol. The first-order valence-corrected chi connectivity index (χ1v) is 9.84. The first kappa shape index (κ1) is 17.9. The van der Waals surface area contributed by atoms with Gasteiger partial charge in [0.1, 0.15) is 10.8 Å². The van der Waals surface area contributed by atoms with Gasteiger partial charge >= 0.3 is 0 Å². The maximum absolute atomic E-state index is 12.4. The van der Waals surface area contributed by atoms with Crippen LogP contribution in [0.25, 0.3) is 6.08 Å². The maximum atomic E-state index is 12.4. The monoisotopic (exact) mass is 420 g/mol. The van der Waals surface area contributed by atoms with Gasteiger partial charge in [-0.1, -0.05) is 41.1 Å². The van der Waals surface area contributed by atoms with Crippen LogP contribution in [0.5, 0.6) is 5.75 Å². The van der Waals surface area contributed by atoms with Gasteiger partial charge in [0.15, 0.2) is 5.84 Å². The Bertz CT molecular complexity index is 804. The van der Waals surface area contributed by atoms with Gasteiger partial charge in [0, 0.05) is 10.9 Å². The van der Waals surface area contributed by atoms with Crippen molar-refractivity contribution in [2.45, 2.75) is 19.8 Å². The summed E-state index contributed by atoms with van der Waals surface area (Å²) in [5.74, 6) is 0.284. The number of hydrazone groups is 1. The summed E-state index contributed by atoms with van der Waals surface area (Å²) >= 11 is 4.68. The third kappa shape index (κ3) is 3.85. The number of thioether (sulfide) groups is 1. The Morgan fingerprint density at radius 2 is 2.20 bits per heavy atom. The fourth-order valence-electron chi connectivity index (χ4n) is 2.38. The van der Waals surface area contributed by atoms with Gasteiger partial charge in [0.2, 0.25) is 5.17 Å². The number of rotatable bonds is 6. The Labute approximate surface area is 158 Å². The number of aliphatic imine (C=N–C) groups is 1. The number of halogens is 1. The fraction of sp³-hybridized carbons (Fsp3) is 0.294. The summed E-state index contributed by atoms with van der Waals surface area (Å²) in [7, 11) is 0. The number of nitrogens with zero attached hydrogens (tertiary/aromatic N) is 3. The van der Waals surface area contributed by atoms with Crippen LogP contribution in [0.4, 0.5) is 0 Å². The molecule has 0 aliphatic carbocycles. The van der Waals surface area contributed by atoms with Gasteiger partial charge in [-0.15, -0.1) is 0 Å². The number of para-hydroxylation sites is 1. The van der Waals surface area contributed by atoms with Crippen molar-refractivity contribution < 1.29 is 9.53 Å². The summed E-state index contributed by atoms with van der Waals surface area (Å²) in [4.78, 5) is 16.5. The van der Waals surface area contributed by atoms with E-state index in [2.05, 4.69) is 32.9 Å². The zero-order chi connectivity index (χ0) is 17.8. The van der Waals surface area contributed by atoms with Gasteiger partial charge < -0.3 is 4.74 Å². The predicted octanol–water partition coefficient (Wildman–Crippen LogP) is 3.88. The molecule has 0 saturated heterocycles. The molecule has 0 bridgehead atoms. The molecule has 0 saturated carbocycles. The Kier molecular flexibility index (Phi) is 5.70. The highest BCUT2D eigenvalue weighted by Crippen LogP contribution is 2.30. The number of amidine groups is 2. The van der Waals surface area contributed by atoms with Gasteiger partial charge in [-0.3, -0.25) is 10.2 Å². The van der Waals surface area contributed by atoms with Crippen molar-refractivity contribution in [2.75, 3.05) is 11.9 Å². The average molecular weight is 421 g/mol. The van der Waals surface area contributed by atoms with E-state index >= 15 is 0 Å². The molecule has 1 aromatic rings. The van der Waals surface area contributed by atoms with Crippen LogP contribution in [0.1, 0.15) is 25.3 Å². The highest BCUT2D eigenvalue weighted by molar-refractivity contribution is 9.09. The highest BCUT2D eigenvalue weighted by Gasteiger charge is 2.35. The minimum absolute atomic E-state index is 0.0453. The molecule has 0 fully saturated rings. The van der Waals surface area contributed by atoms with Crippen molar-refractivity contribution in [1.29, 1.82) is 5.41 Å². The van der Waals surface area contributed by atoms with E-state index in [4.69, 9.17) is 10.1 Å². The summed E-state index contributed by atoms with van der Waals surface area (Å²) < 4.78 is 5.68. The van der Waals surface area contributed by atoms with Crippen molar-refractivity contribution in [3.8, 4) is 5.75 Å². The minimum Gasteiger partial charge on any atom is -0.492 e. The lowest BCUT2D eigenvalue weighted by Gasteiger charge is -2.20. The Hall–Kier alpha value is -1.93. The van der Waals surface area contributed by atoms with Crippen LogP contribution < -0.4 is 4.74 Å². The van der Waals surface area contributed by atoms with Crippen LogP contribution in [0.2, 0.25) is 0 Å². The minimum atomic E-state index is -0.424. The Balaban J connectivity index is 1.92. The quantitative estimate of drug-likeness (QED) is 0.559. The van der Waals surface area contributed by atoms with E-state index in [0.29, 0.717) is 22.9 Å². The van der Waals surface area contributed by atoms with Crippen LogP contribution in [-0.2, 0) is 4.79 Å². The standard InChI is InChI=1S/C17H17BrN4O2S/c1-2-5-14-21-22-15(19)12(16(23)20-17(22)25-14)10-11-6-3-4-7-13(11)24-9-8-18/h3-4,6-7,10,19H,2,5,8-9H2,1H3/b12-10-,19-15?. The summed E-state index contributed by atoms with van der Waals surface area (Å²) in [5.41, 5.74) is 0.945. The smallest absolute Gasteiger partial charge is 0.283 e. The van der Waals surface area contributed by atoms with Crippen molar-refractivity contribution in [1.82, 2.24) is 5.01 Å². The molecule has 3 rings (SSSR count). The first-order chi connectivity index (χ1) is 12.1. The summed E-state index contributed by atoms with van der Waals surface area (Å²) in [6.45, 7) is 2.58. The number of amides is 1. The van der Waals surface area contributed by atoms with E-state index in [-0.39, 0.29) is 11.4 Å². The number of carbonyl (C=O) groups excluding carboxylic acids is 1. The maximum Gasteiger partial charge on any atom is 0.283 e. The number of alkyl halides is 1. The van der Waals surface area contributed by atoms with E-state index in [9.17, 15) is 4.79 Å². The van der Waals surface area contributed by atoms with Crippen molar-refractivity contribution in [3.05, 3.63) is 35.4 Å². The van der Waals surface area contributed by atoms with E-state index < -0.39 is 5.91 Å². The van der Waals surface area contributed by atoms with Crippen LogP contribution in [0.3, 0.4) is 0 Å². The molecule has 0 unspecified atom stereocenters. The van der Waals surface area contributed by atoms with Crippen LogP contribution in [-0.4, -0.2) is 38.9 Å². The molecule has 130 valence electrons. The molecule has 1 aromatic carbocycles. The lowest BCUT2D eigenvalue weighted by atomic mass is 10.1. The van der Waals surface area contributed by atoms with Crippen molar-refractivity contribution >= 4 is 55.7 Å². The molecule has 2 aliphatic rings. The topological polar surface area (TPSA) is 78.1 Å². The lowest BCUT2D eigenvalue weighted by Crippen LogP contribution is -2.35. The molecule has 1 amide bonds. The Morgan fingerprint density at radius 1 is 1.40 bits per heavy atom. The van der Waals surface area contributed by atoms with Gasteiger partial charge in [-0.05, 0) is 36.7 Å². The number of ether oxygens (including phenoxy) is 1. The van der Waals surface area contributed by atoms with Gasteiger partial charge in [0.25, 0.3) is 5.91 Å². The summed E-state index contributed by atoms with van der Waals surface area (Å²) in [6, 6.07) is 7.42. The molecule has 0 aromatic heterocycles. The zero-order valence-electron chi connectivity index (χ0n) is 13.7. The molecule has 2 heterocycles. The SMILES string of the molecule is CCCC1=NN2C(=N)/C(=C/c3ccccc3OCCBr)C(=O)N=C2S1. The van der Waals surface area contributed by atoms with Crippen LogP contribution >= 0.6 is 27.7 Å². The van der Waals surface area contributed by atoms with Gasteiger partial charge in [-0.25, -0.2) is 0 Å². The highest BCUT2D eigenvalue weighted by atomic mass is 79.9. The molecule has 2 aliphatic heterocycles. The number of nitrogens with one attached hydrogen (secondary N) is 1. The van der Waals surface area contributed by atoms with Gasteiger partial charge in [-0.2, -0.15) is 15.1 Å². The van der Waals surface area contributed by atoms with Crippen molar-refractivity contribution in [3.63, 3.8) is 0 Å². The van der Waals surface area contributed by atoms with E-state index in [1.807, 2.05) is 24.3 Å². The van der Waals surface area contributed by atoms with E-state index in [1.165, 1.54) is 16.8 Å². The number of fused-ring (bicyclic) bond motifs is 1. The molecule has 8 heteroatoms. The summed E-state index contributed by atoms with van der Waals surface area (Å²) in [6.07, 6.45) is 3.41. The number of carbonyl (C=O) groups is 1. The molecular formula is C17H17BrN4O2S. The summed E-state index contributed by atoms with van der Waals surface area (Å²) in [5, 5.41) is 16.3. The normalized spacial score (nSPS) is 18.3. The molecule has 0 atom stereocenters. The zero-order valence-corrected chi connectivity index (χ0v) is 16.1. The molecule has 0 radical (unpaired) electrons. The fourth-order valence-corrected chi connectivity index (χ4v) is 3.53.